The second-order valence-electron chi connectivity index (χ2n) is 16.4. The summed E-state index contributed by atoms with van der Waals surface area (Å²) < 4.78 is 0. The van der Waals surface area contributed by atoms with Crippen LogP contribution in [0, 0.1) is 0 Å². The number of rotatable bonds is 3. The van der Waals surface area contributed by atoms with Gasteiger partial charge in [0.05, 0.1) is 0 Å². The van der Waals surface area contributed by atoms with Gasteiger partial charge in [-0.3, -0.25) is 0 Å². The van der Waals surface area contributed by atoms with Gasteiger partial charge in [-0.1, -0.05) is 185 Å². The Kier molecular flexibility index (Phi) is 6.46. The van der Waals surface area contributed by atoms with Crippen molar-refractivity contribution in [3.63, 3.8) is 0 Å². The first-order chi connectivity index (χ1) is 26.3. The van der Waals surface area contributed by atoms with Gasteiger partial charge in [-0.2, -0.15) is 0 Å². The third kappa shape index (κ3) is 4.26. The van der Waals surface area contributed by atoms with Crippen LogP contribution in [0.3, 0.4) is 0 Å². The fourth-order valence-corrected chi connectivity index (χ4v) is 10.2. The van der Waals surface area contributed by atoms with Crippen molar-refractivity contribution in [2.75, 3.05) is 0 Å². The van der Waals surface area contributed by atoms with E-state index < -0.39 is 0 Å². The highest BCUT2D eigenvalue weighted by Crippen LogP contribution is 2.62. The lowest BCUT2D eigenvalue weighted by molar-refractivity contribution is 0.602. The van der Waals surface area contributed by atoms with Gasteiger partial charge in [-0.05, 0) is 122 Å². The van der Waals surface area contributed by atoms with Crippen LogP contribution in [0.15, 0.2) is 170 Å². The molecular formula is C54H40. The lowest BCUT2D eigenvalue weighted by Gasteiger charge is -2.31. The van der Waals surface area contributed by atoms with Crippen molar-refractivity contribution < 1.29 is 0 Å². The minimum absolute atomic E-state index is 0.182. The van der Waals surface area contributed by atoms with Gasteiger partial charge in [0.2, 0.25) is 0 Å². The predicted octanol–water partition coefficient (Wildman–Crippen LogP) is 14.8. The molecule has 2 aliphatic rings. The minimum atomic E-state index is -0.185. The highest BCUT2D eigenvalue weighted by Gasteiger charge is 2.47. The monoisotopic (exact) mass is 688 g/mol. The zero-order valence-corrected chi connectivity index (χ0v) is 31.2. The van der Waals surface area contributed by atoms with Crippen molar-refractivity contribution in [2.45, 2.75) is 38.5 Å². The van der Waals surface area contributed by atoms with Gasteiger partial charge < -0.3 is 0 Å². The summed E-state index contributed by atoms with van der Waals surface area (Å²) in [5.74, 6) is 0. The Balaban J connectivity index is 1.06. The highest BCUT2D eigenvalue weighted by atomic mass is 14.5. The molecule has 0 saturated carbocycles. The molecule has 0 heterocycles. The van der Waals surface area contributed by atoms with Gasteiger partial charge >= 0.3 is 0 Å². The van der Waals surface area contributed by atoms with Crippen molar-refractivity contribution in [3.05, 3.63) is 192 Å². The summed E-state index contributed by atoms with van der Waals surface area (Å²) >= 11 is 0. The molecule has 0 bridgehead atoms. The lowest BCUT2D eigenvalue weighted by Crippen LogP contribution is -2.24. The predicted molar refractivity (Wildman–Crippen MR) is 230 cm³/mol. The summed E-state index contributed by atoms with van der Waals surface area (Å²) in [5, 5.41) is 7.85. The molecule has 54 heavy (non-hydrogen) atoms. The van der Waals surface area contributed by atoms with Crippen LogP contribution in [0.2, 0.25) is 0 Å². The van der Waals surface area contributed by atoms with Gasteiger partial charge in [0.1, 0.15) is 0 Å². The molecule has 0 atom stereocenters. The maximum Gasteiger partial charge on any atom is 0.0162 e. The summed E-state index contributed by atoms with van der Waals surface area (Å²) in [6.45, 7) is 9.84. The average molecular weight is 689 g/mol. The molecule has 0 amide bonds. The molecule has 0 aromatic heterocycles. The van der Waals surface area contributed by atoms with E-state index in [9.17, 15) is 0 Å². The highest BCUT2D eigenvalue weighted by molar-refractivity contribution is 6.13. The van der Waals surface area contributed by atoms with Crippen LogP contribution >= 0.6 is 0 Å². The number of fused-ring (bicyclic) bond motifs is 12. The molecule has 2 aliphatic carbocycles. The Morgan fingerprint density at radius 2 is 0.685 bits per heavy atom. The van der Waals surface area contributed by atoms with E-state index in [0.29, 0.717) is 0 Å². The molecule has 9 aromatic carbocycles. The Labute approximate surface area is 317 Å². The number of hydrogen-bond acceptors (Lipinski definition) is 0. The first-order valence-electron chi connectivity index (χ1n) is 19.3. The summed E-state index contributed by atoms with van der Waals surface area (Å²) in [6.07, 6.45) is 0. The Bertz CT molecular complexity index is 3010. The smallest absolute Gasteiger partial charge is 0.0162 e. The van der Waals surface area contributed by atoms with Crippen LogP contribution in [0.1, 0.15) is 49.9 Å². The van der Waals surface area contributed by atoms with E-state index in [4.69, 9.17) is 0 Å². The summed E-state index contributed by atoms with van der Waals surface area (Å²) in [7, 11) is 0. The molecule has 0 fully saturated rings. The average Bonchev–Trinajstić information content (AvgIpc) is 3.59. The van der Waals surface area contributed by atoms with Crippen molar-refractivity contribution >= 4 is 32.3 Å². The van der Waals surface area contributed by atoms with Crippen molar-refractivity contribution in [2.24, 2.45) is 0 Å². The zero-order chi connectivity index (χ0) is 36.3. The molecule has 0 unspecified atom stereocenters. The van der Waals surface area contributed by atoms with E-state index in [2.05, 4.69) is 198 Å². The first kappa shape index (κ1) is 31.3. The van der Waals surface area contributed by atoms with Crippen molar-refractivity contribution in [1.82, 2.24) is 0 Å². The lowest BCUT2D eigenvalue weighted by atomic mass is 9.71. The number of benzene rings is 9. The molecule has 256 valence electrons. The SMILES string of the molecule is CC1(C)c2cc(-c3ccc(-c4cccc5ccccc45)cc3)ccc2-c2c1c1c(c3ccccc23)-c2ccc(-c3cccc4ccccc34)cc2C1(C)C. The van der Waals surface area contributed by atoms with E-state index in [-0.39, 0.29) is 10.8 Å². The van der Waals surface area contributed by atoms with Crippen LogP contribution in [0.4, 0.5) is 0 Å². The van der Waals surface area contributed by atoms with Crippen LogP contribution in [0.5, 0.6) is 0 Å². The van der Waals surface area contributed by atoms with Crippen LogP contribution in [-0.2, 0) is 10.8 Å². The quantitative estimate of drug-likeness (QED) is 0.173. The number of hydrogen-bond donors (Lipinski definition) is 0. The van der Waals surface area contributed by atoms with E-state index in [1.165, 1.54) is 110 Å². The molecule has 0 N–H and O–H groups in total. The fourth-order valence-electron chi connectivity index (χ4n) is 10.2. The largest absolute Gasteiger partial charge is 0.0616 e. The summed E-state index contributed by atoms with van der Waals surface area (Å²) in [5.41, 5.74) is 18.6. The van der Waals surface area contributed by atoms with E-state index in [1.54, 1.807) is 0 Å². The normalized spacial score (nSPS) is 14.6. The molecule has 0 saturated heterocycles. The van der Waals surface area contributed by atoms with Gasteiger partial charge in [0, 0.05) is 10.8 Å². The van der Waals surface area contributed by atoms with Crippen LogP contribution in [-0.4, -0.2) is 0 Å². The Hall–Kier alpha value is -6.24. The second kappa shape index (κ2) is 11.1. The zero-order valence-electron chi connectivity index (χ0n) is 31.2. The van der Waals surface area contributed by atoms with Crippen molar-refractivity contribution in [3.8, 4) is 55.6 Å². The van der Waals surface area contributed by atoms with Gasteiger partial charge in [-0.25, -0.2) is 0 Å². The van der Waals surface area contributed by atoms with Crippen molar-refractivity contribution in [1.29, 1.82) is 0 Å². The molecule has 0 aliphatic heterocycles. The topological polar surface area (TPSA) is 0 Å². The van der Waals surface area contributed by atoms with E-state index in [0.717, 1.165) is 0 Å². The standard InChI is InChI=1S/C54H40/c1-53(2)47-31-37(33-23-25-36(26-24-33)41-21-11-15-34-13-5-7-17-39(34)41)27-29-45(47)49-43-19-9-10-20-44(43)50-46-30-28-38(32-48(46)54(3,4)52(50)51(49)53)42-22-12-16-35-14-6-8-18-40(35)42/h5-32H,1-4H3. The molecular weight excluding hydrogens is 649 g/mol. The maximum atomic E-state index is 2.49. The molecule has 0 nitrogen and oxygen atoms in total. The molecule has 0 heteroatoms. The second-order valence-corrected chi connectivity index (χ2v) is 16.4. The van der Waals surface area contributed by atoms with E-state index in [1.807, 2.05) is 0 Å². The molecule has 0 radical (unpaired) electrons. The molecule has 9 aromatic rings. The summed E-state index contributed by atoms with van der Waals surface area (Å²) in [6, 6.07) is 63.5. The van der Waals surface area contributed by atoms with Gasteiger partial charge in [-0.15, -0.1) is 0 Å². The van der Waals surface area contributed by atoms with Crippen LogP contribution < -0.4 is 0 Å². The first-order valence-corrected chi connectivity index (χ1v) is 19.3. The molecule has 0 spiro atoms. The third-order valence-corrected chi connectivity index (χ3v) is 12.8. The Morgan fingerprint density at radius 1 is 0.296 bits per heavy atom. The van der Waals surface area contributed by atoms with Gasteiger partial charge in [0.15, 0.2) is 0 Å². The maximum absolute atomic E-state index is 2.49. The van der Waals surface area contributed by atoms with Gasteiger partial charge in [0.25, 0.3) is 0 Å². The minimum Gasteiger partial charge on any atom is -0.0616 e. The van der Waals surface area contributed by atoms with E-state index >= 15 is 0 Å². The summed E-state index contributed by atoms with van der Waals surface area (Å²) in [4.78, 5) is 0. The third-order valence-electron chi connectivity index (χ3n) is 12.8. The van der Waals surface area contributed by atoms with Crippen LogP contribution in [0.25, 0.3) is 88.0 Å². The molecule has 11 rings (SSSR count). The Morgan fingerprint density at radius 3 is 1.22 bits per heavy atom. The fraction of sp³-hybridized carbons (Fsp3) is 0.111.